The Labute approximate surface area is 56.1 Å². The minimum Gasteiger partial charge on any atom is -0.412 e. The summed E-state index contributed by atoms with van der Waals surface area (Å²) in [5.74, 6) is 0. The average Bonchev–Trinajstić information content (AvgIpc) is 0. The third kappa shape index (κ3) is 9.74. The Hall–Kier alpha value is 1.49. The van der Waals surface area contributed by atoms with Crippen molar-refractivity contribution in [2.45, 2.75) is 0 Å². The van der Waals surface area contributed by atoms with Gasteiger partial charge in [0.25, 0.3) is 0 Å². The molecule has 0 spiro atoms. The van der Waals surface area contributed by atoms with Crippen LogP contribution in [0.1, 0.15) is 0 Å². The normalized spacial score (nSPS) is 0. The van der Waals surface area contributed by atoms with Crippen molar-refractivity contribution in [3.63, 3.8) is 0 Å². The molecule has 0 aliphatic rings. The smallest absolute Gasteiger partial charge is 0 e. The summed E-state index contributed by atoms with van der Waals surface area (Å²) in [6, 6.07) is 0. The van der Waals surface area contributed by atoms with Gasteiger partial charge >= 0.3 is 0 Å². The van der Waals surface area contributed by atoms with E-state index in [-0.39, 0.29) is 56.1 Å². The van der Waals surface area contributed by atoms with Crippen LogP contribution in [-0.2, 0) is 50.6 Å². The van der Waals surface area contributed by atoms with Crippen LogP contribution in [0.25, 0.3) is 0 Å². The molecule has 0 saturated heterocycles. The van der Waals surface area contributed by atoms with Crippen LogP contribution >= 0.6 is 0 Å². The Kier molecular flexibility index (Phi) is 306. The predicted molar refractivity (Wildman–Crippen MR) is 3.61 cm³/mol. The molecular formula is H2CuFeNiO. The van der Waals surface area contributed by atoms with E-state index < -0.39 is 0 Å². The molecule has 1 nitrogen and oxygen atoms in total. The largest absolute Gasteiger partial charge is 0.412 e. The van der Waals surface area contributed by atoms with Gasteiger partial charge in [-0.1, -0.05) is 0 Å². The Morgan fingerprint density at radius 2 is 1.00 bits per heavy atom. The third-order valence-corrected chi connectivity index (χ3v) is 0. The maximum atomic E-state index is 0. The van der Waals surface area contributed by atoms with Crippen LogP contribution in [0, 0.1) is 0 Å². The van der Waals surface area contributed by atoms with E-state index in [2.05, 4.69) is 0 Å². The molecular weight excluding hydrogens is 194 g/mol. The third-order valence-electron chi connectivity index (χ3n) is 0. The first kappa shape index (κ1) is 49.8. The predicted octanol–water partition coefficient (Wildman–Crippen LogP) is -0.832. The van der Waals surface area contributed by atoms with E-state index in [0.29, 0.717) is 0 Å². The molecule has 0 aliphatic heterocycles. The van der Waals surface area contributed by atoms with E-state index in [1.54, 1.807) is 0 Å². The van der Waals surface area contributed by atoms with Gasteiger partial charge in [0.1, 0.15) is 0 Å². The molecule has 0 fully saturated rings. The molecule has 0 aromatic heterocycles. The second kappa shape index (κ2) is 24.6. The standard InChI is InChI=1S/Cu.Fe.Ni.H2O/h;;;1H2. The Morgan fingerprint density at radius 3 is 1.00 bits per heavy atom. The summed E-state index contributed by atoms with van der Waals surface area (Å²) in [6.07, 6.45) is 0. The van der Waals surface area contributed by atoms with Crippen LogP contribution in [-0.4, -0.2) is 5.48 Å². The second-order valence-electron chi connectivity index (χ2n) is 0. The van der Waals surface area contributed by atoms with E-state index in [0.717, 1.165) is 0 Å². The van der Waals surface area contributed by atoms with E-state index in [9.17, 15) is 0 Å². The van der Waals surface area contributed by atoms with E-state index >= 15 is 0 Å². The van der Waals surface area contributed by atoms with Gasteiger partial charge in [-0.05, 0) is 0 Å². The van der Waals surface area contributed by atoms with Gasteiger partial charge in [-0.25, -0.2) is 0 Å². The number of rotatable bonds is 0. The van der Waals surface area contributed by atoms with E-state index in [4.69, 9.17) is 0 Å². The van der Waals surface area contributed by atoms with Gasteiger partial charge in [0.15, 0.2) is 0 Å². The summed E-state index contributed by atoms with van der Waals surface area (Å²) in [5, 5.41) is 0. The Bertz CT molecular complexity index is 8.00. The van der Waals surface area contributed by atoms with Crippen LogP contribution in [0.2, 0.25) is 0 Å². The summed E-state index contributed by atoms with van der Waals surface area (Å²) >= 11 is 0. The zero-order valence-electron chi connectivity index (χ0n) is 1.47. The van der Waals surface area contributed by atoms with Crippen LogP contribution in [0.4, 0.5) is 0 Å². The molecule has 37 valence electrons. The van der Waals surface area contributed by atoms with Crippen molar-refractivity contribution >= 4 is 0 Å². The molecule has 0 aromatic carbocycles. The zero-order valence-corrected chi connectivity index (χ0v) is 4.50. The van der Waals surface area contributed by atoms with Crippen molar-refractivity contribution in [2.75, 3.05) is 0 Å². The molecule has 4 heteroatoms. The van der Waals surface area contributed by atoms with Crippen molar-refractivity contribution in [2.24, 2.45) is 0 Å². The molecule has 0 amide bonds. The van der Waals surface area contributed by atoms with Crippen molar-refractivity contribution in [3.05, 3.63) is 0 Å². The first-order valence-electron chi connectivity index (χ1n) is 0. The minimum atomic E-state index is 0. The molecule has 0 atom stereocenters. The minimum absolute atomic E-state index is 0. The van der Waals surface area contributed by atoms with Gasteiger partial charge in [-0.2, -0.15) is 0 Å². The second-order valence-corrected chi connectivity index (χ2v) is 0. The molecule has 1 radical (unpaired) electrons. The van der Waals surface area contributed by atoms with Crippen LogP contribution in [0.5, 0.6) is 0 Å². The summed E-state index contributed by atoms with van der Waals surface area (Å²) < 4.78 is 0. The van der Waals surface area contributed by atoms with Crippen LogP contribution in [0.3, 0.4) is 0 Å². The first-order chi connectivity index (χ1) is 0. The fraction of sp³-hybridized carbons (Fsp3) is 0. The molecule has 2 N–H and O–H groups in total. The molecule has 0 aliphatic carbocycles. The van der Waals surface area contributed by atoms with Gasteiger partial charge < -0.3 is 5.48 Å². The molecule has 0 saturated carbocycles. The Balaban J connectivity index is 0. The van der Waals surface area contributed by atoms with Gasteiger partial charge in [0.05, 0.1) is 0 Å². The van der Waals surface area contributed by atoms with Crippen LogP contribution < -0.4 is 0 Å². The molecule has 0 rings (SSSR count). The van der Waals surface area contributed by atoms with Crippen molar-refractivity contribution in [1.29, 1.82) is 0 Å². The van der Waals surface area contributed by atoms with Crippen molar-refractivity contribution < 1.29 is 56.1 Å². The Morgan fingerprint density at radius 1 is 1.00 bits per heavy atom. The maximum absolute atomic E-state index is 0. The maximum Gasteiger partial charge on any atom is 0 e. The van der Waals surface area contributed by atoms with Gasteiger partial charge in [-0.15, -0.1) is 0 Å². The fourth-order valence-electron chi connectivity index (χ4n) is 0. The first-order valence-corrected chi connectivity index (χ1v) is 0. The van der Waals surface area contributed by atoms with E-state index in [1.807, 2.05) is 0 Å². The molecule has 0 aromatic rings. The zero-order chi connectivity index (χ0) is 0. The fourth-order valence-corrected chi connectivity index (χ4v) is 0. The van der Waals surface area contributed by atoms with Gasteiger partial charge in [-0.3, -0.25) is 0 Å². The number of hydrogen-bond acceptors (Lipinski definition) is 0. The topological polar surface area (TPSA) is 31.5 Å². The van der Waals surface area contributed by atoms with Crippen molar-refractivity contribution in [3.8, 4) is 0 Å². The van der Waals surface area contributed by atoms with Gasteiger partial charge in [0.2, 0.25) is 0 Å². The number of hydrogen-bond donors (Lipinski definition) is 0. The molecule has 0 unspecified atom stereocenters. The molecule has 0 bridgehead atoms. The average molecular weight is 196 g/mol. The van der Waals surface area contributed by atoms with E-state index in [1.165, 1.54) is 0 Å². The van der Waals surface area contributed by atoms with Crippen molar-refractivity contribution in [1.82, 2.24) is 0 Å². The summed E-state index contributed by atoms with van der Waals surface area (Å²) in [7, 11) is 0. The summed E-state index contributed by atoms with van der Waals surface area (Å²) in [4.78, 5) is 0. The van der Waals surface area contributed by atoms with Gasteiger partial charge in [0, 0.05) is 50.6 Å². The monoisotopic (exact) mass is 195 g/mol. The summed E-state index contributed by atoms with van der Waals surface area (Å²) in [5.41, 5.74) is 0. The molecule has 4 heavy (non-hydrogen) atoms. The summed E-state index contributed by atoms with van der Waals surface area (Å²) in [6.45, 7) is 0. The SMILES string of the molecule is O.[Cu].[Fe].[Ni]. The molecule has 0 heterocycles. The quantitative estimate of drug-likeness (QED) is 0.453. The van der Waals surface area contributed by atoms with Crippen LogP contribution in [0.15, 0.2) is 0 Å².